The van der Waals surface area contributed by atoms with Crippen LogP contribution in [0.2, 0.25) is 0 Å². The van der Waals surface area contributed by atoms with Crippen molar-refractivity contribution in [3.63, 3.8) is 0 Å². The molecular formula is C23H26N2O6. The fraction of sp³-hybridized carbons (Fsp3) is 0.348. The van der Waals surface area contributed by atoms with Gasteiger partial charge in [0.1, 0.15) is 25.3 Å². The van der Waals surface area contributed by atoms with Gasteiger partial charge in [0.05, 0.1) is 6.61 Å². The molecule has 0 aromatic heterocycles. The summed E-state index contributed by atoms with van der Waals surface area (Å²) in [4.78, 5) is 38.8. The Labute approximate surface area is 180 Å². The minimum Gasteiger partial charge on any atom is -0.459 e. The molecule has 8 heteroatoms. The zero-order valence-electron chi connectivity index (χ0n) is 17.1. The number of nitrogens with zero attached hydrogens (tertiary/aromatic N) is 1. The number of carbonyl (C=O) groups excluding carboxylic acids is 3. The van der Waals surface area contributed by atoms with Gasteiger partial charge in [-0.15, -0.1) is 0 Å². The lowest BCUT2D eigenvalue weighted by Crippen LogP contribution is -2.53. The van der Waals surface area contributed by atoms with E-state index in [1.54, 1.807) is 12.1 Å². The topological polar surface area (TPSA) is 105 Å². The predicted molar refractivity (Wildman–Crippen MR) is 112 cm³/mol. The molecule has 0 unspecified atom stereocenters. The highest BCUT2D eigenvalue weighted by atomic mass is 16.5. The quantitative estimate of drug-likeness (QED) is 0.626. The normalized spacial score (nSPS) is 16.4. The number of rotatable bonds is 8. The third-order valence-corrected chi connectivity index (χ3v) is 5.02. The first-order chi connectivity index (χ1) is 15.1. The maximum absolute atomic E-state index is 12.9. The van der Waals surface area contributed by atoms with Crippen molar-refractivity contribution in [1.29, 1.82) is 0 Å². The van der Waals surface area contributed by atoms with E-state index in [-0.39, 0.29) is 13.2 Å². The molecule has 0 radical (unpaired) electrons. The van der Waals surface area contributed by atoms with Crippen molar-refractivity contribution >= 4 is 18.0 Å². The first kappa shape index (κ1) is 22.3. The standard InChI is InChI=1S/C23H26N2O6/c26-14-19(24-23(29)31-16-18-10-5-2-6-11-18)21(27)25-13-7-12-20(25)22(28)30-15-17-8-3-1-4-9-17/h1-6,8-11,19-20,26H,7,12-16H2,(H,24,29)/t19-,20-/m0/s1. The van der Waals surface area contributed by atoms with Crippen LogP contribution in [0.1, 0.15) is 24.0 Å². The Morgan fingerprint density at radius 1 is 0.968 bits per heavy atom. The van der Waals surface area contributed by atoms with Gasteiger partial charge in [-0.25, -0.2) is 9.59 Å². The van der Waals surface area contributed by atoms with Crippen molar-refractivity contribution < 1.29 is 29.0 Å². The number of hydrogen-bond donors (Lipinski definition) is 2. The maximum Gasteiger partial charge on any atom is 0.408 e. The van der Waals surface area contributed by atoms with Gasteiger partial charge in [-0.3, -0.25) is 4.79 Å². The summed E-state index contributed by atoms with van der Waals surface area (Å²) in [5.41, 5.74) is 1.65. The molecule has 1 fully saturated rings. The van der Waals surface area contributed by atoms with Crippen LogP contribution < -0.4 is 5.32 Å². The van der Waals surface area contributed by atoms with Crippen LogP contribution >= 0.6 is 0 Å². The number of aliphatic hydroxyl groups is 1. The van der Waals surface area contributed by atoms with Gasteiger partial charge in [-0.2, -0.15) is 0 Å². The monoisotopic (exact) mass is 426 g/mol. The van der Waals surface area contributed by atoms with Gasteiger partial charge in [0, 0.05) is 6.54 Å². The molecule has 2 atom stereocenters. The fourth-order valence-electron chi connectivity index (χ4n) is 3.39. The molecule has 31 heavy (non-hydrogen) atoms. The molecule has 2 aromatic rings. The number of amides is 2. The van der Waals surface area contributed by atoms with Crippen molar-refractivity contribution in [1.82, 2.24) is 10.2 Å². The molecule has 1 aliphatic rings. The third-order valence-electron chi connectivity index (χ3n) is 5.02. The number of ether oxygens (including phenoxy) is 2. The number of aliphatic hydroxyl groups excluding tert-OH is 1. The number of carbonyl (C=O) groups is 3. The zero-order valence-corrected chi connectivity index (χ0v) is 17.1. The van der Waals surface area contributed by atoms with Gasteiger partial charge in [0.25, 0.3) is 0 Å². The molecule has 0 bridgehead atoms. The number of alkyl carbamates (subject to hydrolysis) is 1. The summed E-state index contributed by atoms with van der Waals surface area (Å²) in [6.07, 6.45) is 0.280. The van der Waals surface area contributed by atoms with Crippen LogP contribution in [0.5, 0.6) is 0 Å². The Bertz CT molecular complexity index is 874. The highest BCUT2D eigenvalue weighted by Gasteiger charge is 2.38. The Morgan fingerprint density at radius 3 is 2.13 bits per heavy atom. The Morgan fingerprint density at radius 2 is 1.55 bits per heavy atom. The number of hydrogen-bond acceptors (Lipinski definition) is 6. The van der Waals surface area contributed by atoms with E-state index in [0.29, 0.717) is 19.4 Å². The van der Waals surface area contributed by atoms with Crippen LogP contribution in [0.25, 0.3) is 0 Å². The summed E-state index contributed by atoms with van der Waals surface area (Å²) < 4.78 is 10.5. The number of nitrogens with one attached hydrogen (secondary N) is 1. The molecule has 2 amide bonds. The van der Waals surface area contributed by atoms with Crippen LogP contribution in [0.15, 0.2) is 60.7 Å². The van der Waals surface area contributed by atoms with Crippen LogP contribution in [-0.4, -0.2) is 53.2 Å². The molecular weight excluding hydrogens is 400 g/mol. The average Bonchev–Trinajstić information content (AvgIpc) is 3.30. The van der Waals surface area contributed by atoms with Crippen molar-refractivity contribution in [3.8, 4) is 0 Å². The lowest BCUT2D eigenvalue weighted by molar-refractivity contribution is -0.155. The highest BCUT2D eigenvalue weighted by molar-refractivity contribution is 5.90. The fourth-order valence-corrected chi connectivity index (χ4v) is 3.39. The van der Waals surface area contributed by atoms with Crippen LogP contribution in [-0.2, 0) is 32.3 Å². The number of esters is 1. The van der Waals surface area contributed by atoms with Crippen molar-refractivity contribution in [2.45, 2.75) is 38.1 Å². The second-order valence-electron chi connectivity index (χ2n) is 7.22. The summed E-state index contributed by atoms with van der Waals surface area (Å²) in [6, 6.07) is 16.4. The summed E-state index contributed by atoms with van der Waals surface area (Å²) in [6.45, 7) is -0.106. The lowest BCUT2D eigenvalue weighted by atomic mass is 10.2. The molecule has 0 saturated carbocycles. The van der Waals surface area contributed by atoms with Crippen LogP contribution in [0.3, 0.4) is 0 Å². The van der Waals surface area contributed by atoms with Gasteiger partial charge < -0.3 is 24.8 Å². The second-order valence-corrected chi connectivity index (χ2v) is 7.22. The summed E-state index contributed by atoms with van der Waals surface area (Å²) in [7, 11) is 0. The van der Waals surface area contributed by atoms with E-state index in [1.807, 2.05) is 48.5 Å². The molecule has 8 nitrogen and oxygen atoms in total. The van der Waals surface area contributed by atoms with E-state index >= 15 is 0 Å². The molecule has 1 heterocycles. The number of likely N-dealkylation sites (tertiary alicyclic amines) is 1. The molecule has 2 N–H and O–H groups in total. The van der Waals surface area contributed by atoms with E-state index in [4.69, 9.17) is 9.47 Å². The molecule has 0 spiro atoms. The van der Waals surface area contributed by atoms with Gasteiger partial charge in [0.15, 0.2) is 0 Å². The van der Waals surface area contributed by atoms with Gasteiger partial charge in [-0.05, 0) is 24.0 Å². The molecule has 2 aromatic carbocycles. The van der Waals surface area contributed by atoms with E-state index in [9.17, 15) is 19.5 Å². The first-order valence-electron chi connectivity index (χ1n) is 10.2. The van der Waals surface area contributed by atoms with E-state index < -0.39 is 36.7 Å². The number of benzene rings is 2. The second kappa shape index (κ2) is 11.1. The Balaban J connectivity index is 1.53. The largest absolute Gasteiger partial charge is 0.459 e. The van der Waals surface area contributed by atoms with Crippen molar-refractivity contribution in [2.24, 2.45) is 0 Å². The summed E-state index contributed by atoms with van der Waals surface area (Å²) in [5, 5.41) is 12.0. The highest BCUT2D eigenvalue weighted by Crippen LogP contribution is 2.20. The van der Waals surface area contributed by atoms with Crippen LogP contribution in [0.4, 0.5) is 4.79 Å². The van der Waals surface area contributed by atoms with Crippen molar-refractivity contribution in [3.05, 3.63) is 71.8 Å². The van der Waals surface area contributed by atoms with Gasteiger partial charge >= 0.3 is 12.1 Å². The molecule has 1 saturated heterocycles. The SMILES string of the molecule is O=C(N[C@@H](CO)C(=O)N1CCC[C@H]1C(=O)OCc1ccccc1)OCc1ccccc1. The van der Waals surface area contributed by atoms with E-state index in [1.165, 1.54) is 4.90 Å². The minimum absolute atomic E-state index is 0.0389. The zero-order chi connectivity index (χ0) is 22.1. The predicted octanol–water partition coefficient (Wildman–Crippen LogP) is 2.01. The first-order valence-corrected chi connectivity index (χ1v) is 10.2. The molecule has 3 rings (SSSR count). The third kappa shape index (κ3) is 6.29. The van der Waals surface area contributed by atoms with Gasteiger partial charge in [-0.1, -0.05) is 60.7 Å². The maximum atomic E-state index is 12.9. The van der Waals surface area contributed by atoms with Gasteiger partial charge in [0.2, 0.25) is 5.91 Å². The van der Waals surface area contributed by atoms with Crippen molar-refractivity contribution in [2.75, 3.05) is 13.2 Å². The summed E-state index contributed by atoms with van der Waals surface area (Å²) in [5.74, 6) is -1.05. The Hall–Kier alpha value is -3.39. The van der Waals surface area contributed by atoms with E-state index in [2.05, 4.69) is 5.32 Å². The molecule has 0 aliphatic carbocycles. The lowest BCUT2D eigenvalue weighted by Gasteiger charge is -2.27. The summed E-state index contributed by atoms with van der Waals surface area (Å²) >= 11 is 0. The average molecular weight is 426 g/mol. The smallest absolute Gasteiger partial charge is 0.408 e. The van der Waals surface area contributed by atoms with E-state index in [0.717, 1.165) is 11.1 Å². The molecule has 1 aliphatic heterocycles. The molecule has 164 valence electrons. The minimum atomic E-state index is -1.20. The van der Waals surface area contributed by atoms with Crippen LogP contribution in [0, 0.1) is 0 Å². The Kier molecular flexibility index (Phi) is 8.00.